The van der Waals surface area contributed by atoms with Gasteiger partial charge in [-0.05, 0) is 0 Å². The second-order valence-corrected chi connectivity index (χ2v) is 0.224. The third-order valence-corrected chi connectivity index (χ3v) is 0. The van der Waals surface area contributed by atoms with Gasteiger partial charge in [-0.1, -0.05) is 0 Å². The van der Waals surface area contributed by atoms with E-state index in [1.54, 1.807) is 0 Å². The summed E-state index contributed by atoms with van der Waals surface area (Å²) in [5.74, 6) is 0. The normalized spacial score (nSPS) is 4.00. The van der Waals surface area contributed by atoms with E-state index in [4.69, 9.17) is 25.8 Å². The van der Waals surface area contributed by atoms with Crippen molar-refractivity contribution in [3.05, 3.63) is 25.8 Å². The fraction of sp³-hybridized carbons (Fsp3) is 0. The summed E-state index contributed by atoms with van der Waals surface area (Å²) in [7, 11) is 0. The van der Waals surface area contributed by atoms with Crippen molar-refractivity contribution < 1.29 is 24.6 Å². The zero-order valence-electron chi connectivity index (χ0n) is 2.88. The molecular weight excluding hydrogens is 193 g/mol. The van der Waals surface area contributed by atoms with E-state index < -0.39 is 5.09 Å². The standard InChI is InChI=1S/NO3.NO.Ru/c2-1(3)4;1-2;/q2*-1;+2. The van der Waals surface area contributed by atoms with Gasteiger partial charge in [-0.3, -0.25) is 0 Å². The van der Waals surface area contributed by atoms with Gasteiger partial charge in [0.25, 0.3) is 0 Å². The molecule has 0 saturated carbocycles. The Morgan fingerprint density at radius 3 is 1.29 bits per heavy atom. The number of rotatable bonds is 0. The molecule has 0 aliphatic carbocycles. The Balaban J connectivity index is -0.0000000480. The minimum Gasteiger partial charge on any atom is -0.577 e. The monoisotopic (exact) mass is 194 g/mol. The van der Waals surface area contributed by atoms with Crippen LogP contribution in [-0.2, 0) is 19.5 Å². The summed E-state index contributed by atoms with van der Waals surface area (Å²) in [4.78, 5) is 15.5. The summed E-state index contributed by atoms with van der Waals surface area (Å²) in [6.45, 7) is 0. The Kier molecular flexibility index (Phi) is 41.6. The van der Waals surface area contributed by atoms with E-state index in [0.29, 0.717) is 0 Å². The van der Waals surface area contributed by atoms with E-state index in [2.05, 4.69) is 0 Å². The summed E-state index contributed by atoms with van der Waals surface area (Å²) in [6.07, 6.45) is 0. The summed E-state index contributed by atoms with van der Waals surface area (Å²) < 4.78 is 0. The van der Waals surface area contributed by atoms with Gasteiger partial charge >= 0.3 is 19.5 Å². The maximum Gasteiger partial charge on any atom is 2.00 e. The summed E-state index contributed by atoms with van der Waals surface area (Å²) in [5, 5.41) is 14.8. The van der Waals surface area contributed by atoms with Crippen molar-refractivity contribution in [3.8, 4) is 0 Å². The predicted octanol–water partition coefficient (Wildman–Crippen LogP) is 0.0806. The average Bonchev–Trinajstić information content (AvgIpc) is 1.41. The molecule has 0 radical (unpaired) electrons. The third kappa shape index (κ3) is 191. The van der Waals surface area contributed by atoms with E-state index in [0.717, 1.165) is 0 Å². The molecule has 0 rings (SSSR count). The molecule has 42 valence electrons. The first-order valence-corrected chi connectivity index (χ1v) is 0.730. The number of nitroso groups, excluding NO2 is 1. The number of hydrogen-bond acceptors (Lipinski definition) is 4. The molecule has 0 aromatic carbocycles. The molecule has 0 fully saturated rings. The van der Waals surface area contributed by atoms with Gasteiger partial charge < -0.3 is 25.8 Å². The smallest absolute Gasteiger partial charge is 0.577 e. The van der Waals surface area contributed by atoms with Crippen LogP contribution < -0.4 is 0 Å². The van der Waals surface area contributed by atoms with Crippen molar-refractivity contribution in [2.24, 2.45) is 0 Å². The molecule has 7 heavy (non-hydrogen) atoms. The minimum atomic E-state index is -1.75. The van der Waals surface area contributed by atoms with E-state index in [1.807, 2.05) is 0 Å². The summed E-state index contributed by atoms with van der Waals surface area (Å²) in [6, 6.07) is 0. The molecule has 7 heteroatoms. The molecule has 0 aromatic heterocycles. The molecule has 0 spiro atoms. The molecule has 0 unspecified atom stereocenters. The van der Waals surface area contributed by atoms with Crippen LogP contribution in [0.15, 0.2) is 0 Å². The van der Waals surface area contributed by atoms with Crippen molar-refractivity contribution in [1.82, 2.24) is 0 Å². The van der Waals surface area contributed by atoms with Gasteiger partial charge in [0.1, 0.15) is 0 Å². The largest absolute Gasteiger partial charge is 2.00 e. The summed E-state index contributed by atoms with van der Waals surface area (Å²) >= 11 is 0. The van der Waals surface area contributed by atoms with Gasteiger partial charge in [0.2, 0.25) is 0 Å². The van der Waals surface area contributed by atoms with Crippen molar-refractivity contribution in [2.45, 2.75) is 0 Å². The number of nitrogens with zero attached hydrogens (tertiary/aromatic N) is 2. The van der Waals surface area contributed by atoms with E-state index in [9.17, 15) is 0 Å². The van der Waals surface area contributed by atoms with Gasteiger partial charge in [0.05, 0.1) is 5.09 Å². The second-order valence-electron chi connectivity index (χ2n) is 0.224. The first kappa shape index (κ1) is 16.1. The van der Waals surface area contributed by atoms with E-state index in [1.165, 1.54) is 0 Å². The Labute approximate surface area is 51.1 Å². The quantitative estimate of drug-likeness (QED) is 0.308. The molecule has 6 nitrogen and oxygen atoms in total. The van der Waals surface area contributed by atoms with Crippen molar-refractivity contribution in [3.63, 3.8) is 0 Å². The van der Waals surface area contributed by atoms with Gasteiger partial charge in [-0.25, -0.2) is 0 Å². The Hall–Kier alpha value is -0.577. The van der Waals surface area contributed by atoms with E-state index >= 15 is 0 Å². The predicted molar refractivity (Wildman–Crippen MR) is 17.1 cm³/mol. The van der Waals surface area contributed by atoms with Crippen LogP contribution in [0, 0.1) is 20.2 Å². The van der Waals surface area contributed by atoms with Crippen LogP contribution in [0.3, 0.4) is 0 Å². The first-order valence-electron chi connectivity index (χ1n) is 0.730. The molecule has 0 atom stereocenters. The van der Waals surface area contributed by atoms with Gasteiger partial charge in [-0.2, -0.15) is 0 Å². The molecule has 0 aromatic rings. The van der Waals surface area contributed by atoms with Crippen LogP contribution >= 0.6 is 0 Å². The van der Waals surface area contributed by atoms with Gasteiger partial charge in [0.15, 0.2) is 0 Å². The molecule has 0 N–H and O–H groups in total. The Morgan fingerprint density at radius 2 is 1.29 bits per heavy atom. The fourth-order valence-corrected chi connectivity index (χ4v) is 0. The van der Waals surface area contributed by atoms with Crippen LogP contribution in [0.1, 0.15) is 0 Å². The van der Waals surface area contributed by atoms with Crippen LogP contribution in [0.4, 0.5) is 0 Å². The molecular formula is N2O4Ru. The fourth-order valence-electron chi connectivity index (χ4n) is 0. The van der Waals surface area contributed by atoms with Crippen LogP contribution in [-0.4, -0.2) is 5.09 Å². The summed E-state index contributed by atoms with van der Waals surface area (Å²) in [5.41, 5.74) is 5.75. The maximum absolute atomic E-state index is 8.25. The zero-order chi connectivity index (χ0) is 5.58. The molecule has 0 aliphatic heterocycles. The molecule has 0 heterocycles. The average molecular weight is 193 g/mol. The molecule has 0 aliphatic rings. The Bertz CT molecular complexity index is 41.0. The Morgan fingerprint density at radius 1 is 1.29 bits per heavy atom. The molecule has 0 bridgehead atoms. The minimum absolute atomic E-state index is 0. The van der Waals surface area contributed by atoms with Crippen molar-refractivity contribution in [2.75, 3.05) is 0 Å². The van der Waals surface area contributed by atoms with Crippen LogP contribution in [0.2, 0.25) is 0 Å². The SMILES string of the molecule is O=[N+]([O-])[O-].[N-]=O.[Ru+2]. The first-order chi connectivity index (χ1) is 2.73. The van der Waals surface area contributed by atoms with Gasteiger partial charge in [-0.15, -0.1) is 0 Å². The third-order valence-electron chi connectivity index (χ3n) is 0. The number of hydrogen-bond donors (Lipinski definition) is 0. The van der Waals surface area contributed by atoms with Crippen molar-refractivity contribution in [1.29, 1.82) is 0 Å². The molecule has 0 saturated heterocycles. The maximum atomic E-state index is 8.25. The zero-order valence-corrected chi connectivity index (χ0v) is 4.62. The second kappa shape index (κ2) is 18.1. The van der Waals surface area contributed by atoms with Crippen LogP contribution in [0.5, 0.6) is 0 Å². The van der Waals surface area contributed by atoms with Gasteiger partial charge in [0, 0.05) is 0 Å². The topological polar surface area (TPSA) is 106 Å². The van der Waals surface area contributed by atoms with Crippen molar-refractivity contribution >= 4 is 0 Å². The van der Waals surface area contributed by atoms with E-state index in [-0.39, 0.29) is 19.5 Å². The van der Waals surface area contributed by atoms with Crippen LogP contribution in [0.25, 0.3) is 5.59 Å². The molecule has 0 amide bonds.